The van der Waals surface area contributed by atoms with Gasteiger partial charge < -0.3 is 5.32 Å². The minimum absolute atomic E-state index is 0.623. The Morgan fingerprint density at radius 3 is 2.74 bits per heavy atom. The van der Waals surface area contributed by atoms with Gasteiger partial charge in [-0.25, -0.2) is 4.68 Å². The minimum Gasteiger partial charge on any atom is -0.310 e. The summed E-state index contributed by atoms with van der Waals surface area (Å²) in [6, 6.07) is 11.2. The van der Waals surface area contributed by atoms with Crippen LogP contribution in [0.2, 0.25) is 0 Å². The van der Waals surface area contributed by atoms with Crippen LogP contribution in [0.5, 0.6) is 0 Å². The fourth-order valence-corrected chi connectivity index (χ4v) is 2.42. The van der Waals surface area contributed by atoms with Crippen molar-refractivity contribution in [1.82, 2.24) is 15.1 Å². The molecule has 0 bridgehead atoms. The second kappa shape index (κ2) is 5.57. The largest absolute Gasteiger partial charge is 0.310 e. The van der Waals surface area contributed by atoms with E-state index in [1.54, 1.807) is 6.20 Å². The molecular weight excluding hydrogens is 234 g/mol. The van der Waals surface area contributed by atoms with Gasteiger partial charge in [-0.3, -0.25) is 0 Å². The van der Waals surface area contributed by atoms with E-state index in [0.717, 1.165) is 18.2 Å². The topological polar surface area (TPSA) is 29.9 Å². The van der Waals surface area contributed by atoms with E-state index in [9.17, 15) is 0 Å². The van der Waals surface area contributed by atoms with Crippen LogP contribution in [0, 0.1) is 5.92 Å². The standard InChI is InChI=1S/C16H21N3/c1-13(11-14-3-4-14)17-12-15-5-7-16(8-6-15)19-10-2-9-18-19/h2,5-10,13-14,17H,3-4,11-12H2,1H3. The van der Waals surface area contributed by atoms with Gasteiger partial charge in [-0.2, -0.15) is 5.10 Å². The van der Waals surface area contributed by atoms with Gasteiger partial charge in [0.25, 0.3) is 0 Å². The van der Waals surface area contributed by atoms with Gasteiger partial charge >= 0.3 is 0 Å². The van der Waals surface area contributed by atoms with Crippen LogP contribution in [0.1, 0.15) is 31.7 Å². The van der Waals surface area contributed by atoms with Crippen LogP contribution in [0.15, 0.2) is 42.7 Å². The van der Waals surface area contributed by atoms with E-state index in [1.165, 1.54) is 24.8 Å². The molecule has 3 nitrogen and oxygen atoms in total. The van der Waals surface area contributed by atoms with Crippen molar-refractivity contribution >= 4 is 0 Å². The summed E-state index contributed by atoms with van der Waals surface area (Å²) in [5, 5.41) is 7.83. The molecule has 1 atom stereocenters. The molecule has 1 heterocycles. The van der Waals surface area contributed by atoms with Crippen molar-refractivity contribution in [1.29, 1.82) is 0 Å². The Morgan fingerprint density at radius 2 is 2.11 bits per heavy atom. The summed E-state index contributed by atoms with van der Waals surface area (Å²) in [6.07, 6.45) is 7.96. The molecule has 19 heavy (non-hydrogen) atoms. The lowest BCUT2D eigenvalue weighted by molar-refractivity contribution is 0.487. The average Bonchev–Trinajstić information content (AvgIpc) is 3.07. The summed E-state index contributed by atoms with van der Waals surface area (Å²) in [6.45, 7) is 3.24. The second-order valence-electron chi connectivity index (χ2n) is 5.58. The van der Waals surface area contributed by atoms with Crippen LogP contribution in [0.4, 0.5) is 0 Å². The van der Waals surface area contributed by atoms with Crippen LogP contribution in [-0.4, -0.2) is 15.8 Å². The predicted molar refractivity (Wildman–Crippen MR) is 77.2 cm³/mol. The number of aromatic nitrogens is 2. The van der Waals surface area contributed by atoms with Crippen molar-refractivity contribution in [2.75, 3.05) is 0 Å². The van der Waals surface area contributed by atoms with E-state index in [1.807, 2.05) is 16.9 Å². The van der Waals surface area contributed by atoms with Crippen molar-refractivity contribution in [3.05, 3.63) is 48.3 Å². The third kappa shape index (κ3) is 3.44. The van der Waals surface area contributed by atoms with E-state index in [0.29, 0.717) is 6.04 Å². The normalized spacial score (nSPS) is 16.5. The van der Waals surface area contributed by atoms with E-state index in [-0.39, 0.29) is 0 Å². The number of nitrogens with one attached hydrogen (secondary N) is 1. The van der Waals surface area contributed by atoms with Gasteiger partial charge in [0, 0.05) is 25.0 Å². The van der Waals surface area contributed by atoms with Gasteiger partial charge in [-0.15, -0.1) is 0 Å². The first-order valence-corrected chi connectivity index (χ1v) is 7.13. The van der Waals surface area contributed by atoms with Crippen LogP contribution in [-0.2, 0) is 6.54 Å². The van der Waals surface area contributed by atoms with Crippen LogP contribution in [0.25, 0.3) is 5.69 Å². The highest BCUT2D eigenvalue weighted by Crippen LogP contribution is 2.33. The van der Waals surface area contributed by atoms with Gasteiger partial charge in [0.05, 0.1) is 5.69 Å². The molecule has 1 aromatic heterocycles. The average molecular weight is 255 g/mol. The van der Waals surface area contributed by atoms with Crippen molar-refractivity contribution in [3.63, 3.8) is 0 Å². The summed E-state index contributed by atoms with van der Waals surface area (Å²) < 4.78 is 1.88. The molecule has 0 spiro atoms. The molecule has 0 amide bonds. The van der Waals surface area contributed by atoms with Crippen molar-refractivity contribution in [2.24, 2.45) is 5.92 Å². The van der Waals surface area contributed by atoms with E-state index in [4.69, 9.17) is 0 Å². The first-order valence-electron chi connectivity index (χ1n) is 7.13. The number of nitrogens with zero attached hydrogens (tertiary/aromatic N) is 2. The quantitative estimate of drug-likeness (QED) is 0.859. The third-order valence-electron chi connectivity index (χ3n) is 3.74. The Bertz CT molecular complexity index is 497. The lowest BCUT2D eigenvalue weighted by atomic mass is 10.1. The zero-order chi connectivity index (χ0) is 13.1. The highest BCUT2D eigenvalue weighted by atomic mass is 15.3. The maximum atomic E-state index is 4.23. The molecule has 1 aliphatic rings. The van der Waals surface area contributed by atoms with Crippen LogP contribution < -0.4 is 5.32 Å². The Kier molecular flexibility index (Phi) is 3.65. The Labute approximate surface area is 114 Å². The maximum absolute atomic E-state index is 4.23. The number of hydrogen-bond acceptors (Lipinski definition) is 2. The SMILES string of the molecule is CC(CC1CC1)NCc1ccc(-n2cccn2)cc1. The summed E-state index contributed by atoms with van der Waals surface area (Å²) in [5.74, 6) is 0.990. The van der Waals surface area contributed by atoms with Crippen LogP contribution in [0.3, 0.4) is 0 Å². The van der Waals surface area contributed by atoms with E-state index < -0.39 is 0 Å². The molecule has 1 fully saturated rings. The molecule has 1 aliphatic carbocycles. The Morgan fingerprint density at radius 1 is 1.32 bits per heavy atom. The van der Waals surface area contributed by atoms with Crippen molar-refractivity contribution < 1.29 is 0 Å². The molecule has 2 aromatic rings. The lowest BCUT2D eigenvalue weighted by Gasteiger charge is -2.13. The van der Waals surface area contributed by atoms with Gasteiger partial charge in [0.2, 0.25) is 0 Å². The fraction of sp³-hybridized carbons (Fsp3) is 0.438. The molecule has 1 aromatic carbocycles. The summed E-state index contributed by atoms with van der Waals surface area (Å²) >= 11 is 0. The first kappa shape index (κ1) is 12.4. The summed E-state index contributed by atoms with van der Waals surface area (Å²) in [5.41, 5.74) is 2.44. The van der Waals surface area contributed by atoms with Gasteiger partial charge in [-0.05, 0) is 43.0 Å². The molecule has 100 valence electrons. The molecule has 0 saturated heterocycles. The molecule has 1 N–H and O–H groups in total. The van der Waals surface area contributed by atoms with Crippen molar-refractivity contribution in [2.45, 2.75) is 38.8 Å². The minimum atomic E-state index is 0.623. The maximum Gasteiger partial charge on any atom is 0.0645 e. The highest BCUT2D eigenvalue weighted by molar-refractivity contribution is 5.33. The summed E-state index contributed by atoms with van der Waals surface area (Å²) in [7, 11) is 0. The Balaban J connectivity index is 1.53. The van der Waals surface area contributed by atoms with E-state index in [2.05, 4.69) is 41.6 Å². The molecule has 1 saturated carbocycles. The zero-order valence-corrected chi connectivity index (χ0v) is 11.4. The summed E-state index contributed by atoms with van der Waals surface area (Å²) in [4.78, 5) is 0. The molecular formula is C16H21N3. The van der Waals surface area contributed by atoms with E-state index >= 15 is 0 Å². The molecule has 3 rings (SSSR count). The zero-order valence-electron chi connectivity index (χ0n) is 11.4. The molecule has 1 unspecified atom stereocenters. The number of hydrogen-bond donors (Lipinski definition) is 1. The second-order valence-corrected chi connectivity index (χ2v) is 5.58. The van der Waals surface area contributed by atoms with Crippen molar-refractivity contribution in [3.8, 4) is 5.69 Å². The van der Waals surface area contributed by atoms with Gasteiger partial charge in [0.15, 0.2) is 0 Å². The fourth-order valence-electron chi connectivity index (χ4n) is 2.42. The highest BCUT2D eigenvalue weighted by Gasteiger charge is 2.23. The monoisotopic (exact) mass is 255 g/mol. The Hall–Kier alpha value is -1.61. The first-order chi connectivity index (χ1) is 9.31. The molecule has 3 heteroatoms. The van der Waals surface area contributed by atoms with Gasteiger partial charge in [0.1, 0.15) is 0 Å². The predicted octanol–water partition coefficient (Wildman–Crippen LogP) is 3.15. The molecule has 0 aliphatic heterocycles. The molecule has 0 radical (unpaired) electrons. The number of rotatable bonds is 6. The third-order valence-corrected chi connectivity index (χ3v) is 3.74. The lowest BCUT2D eigenvalue weighted by Crippen LogP contribution is -2.25. The number of benzene rings is 1. The van der Waals surface area contributed by atoms with Crippen LogP contribution >= 0.6 is 0 Å². The smallest absolute Gasteiger partial charge is 0.0645 e. The van der Waals surface area contributed by atoms with Gasteiger partial charge in [-0.1, -0.05) is 25.0 Å².